The number of halogens is 1. The number of rotatable bonds is 20. The zero-order valence-corrected chi connectivity index (χ0v) is 31.4. The van der Waals surface area contributed by atoms with Gasteiger partial charge in [0, 0.05) is 31.4 Å². The van der Waals surface area contributed by atoms with Gasteiger partial charge in [-0.3, -0.25) is 19.2 Å². The van der Waals surface area contributed by atoms with Crippen LogP contribution in [0.5, 0.6) is 0 Å². The molecule has 4 rings (SSSR count). The largest absolute Gasteiger partial charge is 0.455 e. The lowest BCUT2D eigenvalue weighted by Gasteiger charge is -2.39. The lowest BCUT2D eigenvalue weighted by Crippen LogP contribution is -2.59. The molecule has 1 unspecified atom stereocenters. The molecule has 3 saturated heterocycles. The smallest absolute Gasteiger partial charge is 0.313 e. The van der Waals surface area contributed by atoms with E-state index in [0.717, 1.165) is 12.8 Å². The first-order chi connectivity index (χ1) is 24.0. The first-order valence-electron chi connectivity index (χ1n) is 17.8. The molecule has 0 aliphatic carbocycles. The van der Waals surface area contributed by atoms with Crippen molar-refractivity contribution in [3.8, 4) is 0 Å². The molecule has 50 heavy (non-hydrogen) atoms. The van der Waals surface area contributed by atoms with Crippen molar-refractivity contribution in [2.45, 2.75) is 100 Å². The number of hydrogen-bond donors (Lipinski definition) is 2. The average molecular weight is 761 g/mol. The van der Waals surface area contributed by atoms with Crippen molar-refractivity contribution >= 4 is 39.6 Å². The number of carbonyl (C=O) groups is 4. The molecule has 11 nitrogen and oxygen atoms in total. The lowest BCUT2D eigenvalue weighted by atomic mass is 9.70. The van der Waals surface area contributed by atoms with Crippen molar-refractivity contribution < 1.29 is 38.5 Å². The topological polar surface area (TPSA) is 135 Å². The van der Waals surface area contributed by atoms with Crippen LogP contribution in [0.2, 0.25) is 0 Å². The van der Waals surface area contributed by atoms with Crippen LogP contribution in [0.25, 0.3) is 0 Å². The van der Waals surface area contributed by atoms with Crippen LogP contribution in [-0.4, -0.2) is 107 Å². The van der Waals surface area contributed by atoms with Gasteiger partial charge in [0.15, 0.2) is 0 Å². The van der Waals surface area contributed by atoms with E-state index >= 15 is 0 Å². The van der Waals surface area contributed by atoms with E-state index in [1.807, 2.05) is 51.1 Å². The number of hydrogen-bond acceptors (Lipinski definition) is 8. The first-order valence-corrected chi connectivity index (χ1v) is 18.7. The van der Waals surface area contributed by atoms with Crippen LogP contribution in [0, 0.1) is 17.8 Å². The summed E-state index contributed by atoms with van der Waals surface area (Å²) >= 11 is 3.74. The van der Waals surface area contributed by atoms with Crippen molar-refractivity contribution in [3.63, 3.8) is 0 Å². The maximum Gasteiger partial charge on any atom is 0.313 e. The normalized spacial score (nSPS) is 27.1. The number of amides is 3. The first kappa shape index (κ1) is 39.7. The van der Waals surface area contributed by atoms with Gasteiger partial charge in [-0.25, -0.2) is 0 Å². The van der Waals surface area contributed by atoms with E-state index < -0.39 is 59.6 Å². The van der Waals surface area contributed by atoms with Crippen molar-refractivity contribution in [1.82, 2.24) is 15.1 Å². The quantitative estimate of drug-likeness (QED) is 0.114. The second-order valence-corrected chi connectivity index (χ2v) is 15.2. The Bertz CT molecular complexity index is 1360. The fraction of sp³-hybridized carbons (Fsp3) is 0.632. The number of unbranched alkanes of at least 4 members (excludes halogenated alkanes) is 1. The predicted molar refractivity (Wildman–Crippen MR) is 193 cm³/mol. The Balaban J connectivity index is 1.76. The minimum absolute atomic E-state index is 0.0548. The van der Waals surface area contributed by atoms with Gasteiger partial charge in [-0.15, -0.1) is 13.2 Å². The number of methoxy groups -OCH3 is 1. The molecule has 3 aliphatic heterocycles. The van der Waals surface area contributed by atoms with Crippen LogP contribution in [-0.2, 0) is 33.4 Å². The molecule has 3 heterocycles. The molecule has 2 bridgehead atoms. The number of carbonyl (C=O) groups excluding carboxylic acids is 4. The average Bonchev–Trinajstić information content (AvgIpc) is 3.69. The maximum atomic E-state index is 14.8. The fourth-order valence-electron chi connectivity index (χ4n) is 7.92. The molecule has 1 aromatic rings. The van der Waals surface area contributed by atoms with Crippen LogP contribution in [0.4, 0.5) is 0 Å². The summed E-state index contributed by atoms with van der Waals surface area (Å²) in [5.41, 5.74) is -0.679. The highest BCUT2D eigenvalue weighted by atomic mass is 79.9. The summed E-state index contributed by atoms with van der Waals surface area (Å²) in [7, 11) is 1.50. The van der Waals surface area contributed by atoms with Crippen molar-refractivity contribution in [3.05, 3.63) is 61.2 Å². The Morgan fingerprint density at radius 1 is 1.22 bits per heavy atom. The Hall–Kier alpha value is -3.06. The molecule has 9 atom stereocenters. The lowest BCUT2D eigenvalue weighted by molar-refractivity contribution is -0.163. The van der Waals surface area contributed by atoms with Gasteiger partial charge in [-0.05, 0) is 37.2 Å². The summed E-state index contributed by atoms with van der Waals surface area (Å²) in [5, 5.41) is 13.6. The Labute approximate surface area is 304 Å². The van der Waals surface area contributed by atoms with Gasteiger partial charge in [0.1, 0.15) is 17.7 Å². The van der Waals surface area contributed by atoms with Crippen LogP contribution in [0.3, 0.4) is 0 Å². The van der Waals surface area contributed by atoms with Crippen LogP contribution in [0.15, 0.2) is 55.6 Å². The van der Waals surface area contributed by atoms with E-state index in [0.29, 0.717) is 31.4 Å². The number of ether oxygens (including phenoxy) is 3. The number of aliphatic hydroxyl groups excluding tert-OH is 1. The summed E-state index contributed by atoms with van der Waals surface area (Å²) in [6, 6.07) is 6.64. The van der Waals surface area contributed by atoms with Crippen LogP contribution < -0.4 is 5.32 Å². The zero-order valence-electron chi connectivity index (χ0n) is 29.8. The van der Waals surface area contributed by atoms with Crippen molar-refractivity contribution in [2.75, 3.05) is 33.4 Å². The summed E-state index contributed by atoms with van der Waals surface area (Å²) < 4.78 is 18.5. The molecule has 0 radical (unpaired) electrons. The third-order valence-corrected chi connectivity index (χ3v) is 10.9. The molecule has 3 aliphatic rings. The number of esters is 1. The minimum Gasteiger partial charge on any atom is -0.455 e. The molecule has 3 fully saturated rings. The molecule has 276 valence electrons. The standard InChI is InChI=1S/C38H54BrN3O8/c1-7-10-17-29(44)40-28(23-48-6)32(25-15-13-12-14-16-25)49-37(47)30-31-35(45)42(26(22-43)20-24(4)5)34(38(31)21-27(39)33(30)50-38)36(46)41(18-9-3)19-11-8-2/h7,9,12-16,24,26-28,30-34,43H,1,3,8,10-11,17-23H2,2,4-6H3,(H,40,44)/t26-,27?,28-,30+,31-,32-,33+,34+,38-/m1/s1. The second kappa shape index (κ2) is 17.9. The third kappa shape index (κ3) is 8.19. The number of fused-ring (bicyclic) bond motifs is 1. The second-order valence-electron chi connectivity index (χ2n) is 14.0. The molecular weight excluding hydrogens is 706 g/mol. The Morgan fingerprint density at radius 3 is 2.54 bits per heavy atom. The number of nitrogens with one attached hydrogen (secondary N) is 1. The SMILES string of the molecule is C=CCCC(=O)N[C@H](COC)[C@H](OC(=O)[C@@H]1[C@H]2O[C@@]3(CC2Br)[C@H](C(=O)N(CC=C)CCCC)N([C@@H](CO)CC(C)C)C(=O)[C@@H]13)c1ccccc1. The highest BCUT2D eigenvalue weighted by molar-refractivity contribution is 9.09. The van der Waals surface area contributed by atoms with Crippen molar-refractivity contribution in [1.29, 1.82) is 0 Å². The van der Waals surface area contributed by atoms with Gasteiger partial charge in [-0.2, -0.15) is 0 Å². The van der Waals surface area contributed by atoms with E-state index in [1.165, 1.54) is 12.0 Å². The molecule has 1 aromatic carbocycles. The fourth-order valence-corrected chi connectivity index (χ4v) is 8.87. The number of allylic oxidation sites excluding steroid dienone is 1. The molecule has 2 N–H and O–H groups in total. The van der Waals surface area contributed by atoms with Gasteiger partial charge >= 0.3 is 5.97 Å². The molecule has 12 heteroatoms. The number of benzene rings is 1. The van der Waals surface area contributed by atoms with Gasteiger partial charge in [-0.1, -0.05) is 85.6 Å². The van der Waals surface area contributed by atoms with Gasteiger partial charge in [0.05, 0.1) is 43.2 Å². The molecular formula is C38H54BrN3O8. The van der Waals surface area contributed by atoms with E-state index in [9.17, 15) is 24.3 Å². The van der Waals surface area contributed by atoms with Gasteiger partial charge in [0.2, 0.25) is 17.7 Å². The monoisotopic (exact) mass is 759 g/mol. The molecule has 0 saturated carbocycles. The summed E-state index contributed by atoms with van der Waals surface area (Å²) in [4.78, 5) is 59.7. The van der Waals surface area contributed by atoms with Crippen LogP contribution in [0.1, 0.15) is 71.0 Å². The Kier molecular flexibility index (Phi) is 14.2. The summed E-state index contributed by atoms with van der Waals surface area (Å²) in [6.07, 6.45) is 4.73. The highest BCUT2D eigenvalue weighted by Crippen LogP contribution is 2.61. The Morgan fingerprint density at radius 2 is 1.94 bits per heavy atom. The van der Waals surface area contributed by atoms with Crippen molar-refractivity contribution in [2.24, 2.45) is 17.8 Å². The van der Waals surface area contributed by atoms with E-state index in [1.54, 1.807) is 17.1 Å². The minimum atomic E-state index is -1.32. The molecule has 1 spiro atoms. The number of aliphatic hydroxyl groups is 1. The number of likely N-dealkylation sites (tertiary alicyclic amines) is 1. The third-order valence-electron chi connectivity index (χ3n) is 10.0. The van der Waals surface area contributed by atoms with Gasteiger partial charge < -0.3 is 34.4 Å². The highest BCUT2D eigenvalue weighted by Gasteiger charge is 2.77. The maximum absolute atomic E-state index is 14.8. The summed E-state index contributed by atoms with van der Waals surface area (Å²) in [6.45, 7) is 14.1. The number of nitrogens with zero attached hydrogens (tertiary/aromatic N) is 2. The number of alkyl halides is 1. The predicted octanol–water partition coefficient (Wildman–Crippen LogP) is 4.34. The molecule has 3 amide bonds. The molecule has 0 aromatic heterocycles. The van der Waals surface area contributed by atoms with E-state index in [-0.39, 0.29) is 48.7 Å². The summed E-state index contributed by atoms with van der Waals surface area (Å²) in [5.74, 6) is -3.54. The van der Waals surface area contributed by atoms with E-state index in [2.05, 4.69) is 34.4 Å². The van der Waals surface area contributed by atoms with Crippen LogP contribution >= 0.6 is 15.9 Å². The van der Waals surface area contributed by atoms with Gasteiger partial charge in [0.25, 0.3) is 0 Å². The van der Waals surface area contributed by atoms with E-state index in [4.69, 9.17) is 14.2 Å². The zero-order chi connectivity index (χ0) is 36.6.